The van der Waals surface area contributed by atoms with Crippen molar-refractivity contribution in [2.45, 2.75) is 6.92 Å². The standard InChI is InChI=1S/C17H13ClFNO3/c1-9-11-4-3-5-13(19)16(11)23-15(9)17(21)20-10-6-7-14(22-2)12(18)8-10/h3-8H,1-2H3,(H,20,21). The molecule has 0 saturated carbocycles. The van der Waals surface area contributed by atoms with Gasteiger partial charge in [-0.1, -0.05) is 23.7 Å². The molecular weight excluding hydrogens is 321 g/mol. The van der Waals surface area contributed by atoms with Gasteiger partial charge in [0.15, 0.2) is 17.2 Å². The summed E-state index contributed by atoms with van der Waals surface area (Å²) in [5.41, 5.74) is 1.14. The summed E-state index contributed by atoms with van der Waals surface area (Å²) in [6.07, 6.45) is 0. The molecule has 0 radical (unpaired) electrons. The average molecular weight is 334 g/mol. The van der Waals surface area contributed by atoms with E-state index in [0.717, 1.165) is 0 Å². The minimum absolute atomic E-state index is 0.0667. The van der Waals surface area contributed by atoms with E-state index in [0.29, 0.717) is 27.4 Å². The quantitative estimate of drug-likeness (QED) is 0.749. The van der Waals surface area contributed by atoms with Crippen LogP contribution in [0.1, 0.15) is 16.1 Å². The van der Waals surface area contributed by atoms with Gasteiger partial charge in [0.2, 0.25) is 0 Å². The number of nitrogens with one attached hydrogen (secondary N) is 1. The topological polar surface area (TPSA) is 51.5 Å². The number of methoxy groups -OCH3 is 1. The second-order valence-electron chi connectivity index (χ2n) is 4.98. The monoisotopic (exact) mass is 333 g/mol. The number of hydrogen-bond acceptors (Lipinski definition) is 3. The minimum atomic E-state index is -0.503. The zero-order valence-electron chi connectivity index (χ0n) is 12.4. The molecule has 0 spiro atoms. The molecule has 118 valence electrons. The van der Waals surface area contributed by atoms with Crippen LogP contribution in [0.2, 0.25) is 5.02 Å². The van der Waals surface area contributed by atoms with Crippen LogP contribution < -0.4 is 10.1 Å². The third-order valence-corrected chi connectivity index (χ3v) is 3.83. The maximum Gasteiger partial charge on any atom is 0.291 e. The molecule has 23 heavy (non-hydrogen) atoms. The van der Waals surface area contributed by atoms with E-state index >= 15 is 0 Å². The Morgan fingerprint density at radius 3 is 2.74 bits per heavy atom. The normalized spacial score (nSPS) is 10.8. The molecule has 4 nitrogen and oxygen atoms in total. The number of carbonyl (C=O) groups excluding carboxylic acids is 1. The van der Waals surface area contributed by atoms with E-state index in [2.05, 4.69) is 5.32 Å². The summed E-state index contributed by atoms with van der Waals surface area (Å²) in [6.45, 7) is 1.71. The number of halogens is 2. The molecule has 0 aliphatic carbocycles. The van der Waals surface area contributed by atoms with Gasteiger partial charge in [-0.2, -0.15) is 0 Å². The van der Waals surface area contributed by atoms with E-state index in [9.17, 15) is 9.18 Å². The van der Waals surface area contributed by atoms with Crippen LogP contribution in [0.5, 0.6) is 5.75 Å². The van der Waals surface area contributed by atoms with Crippen LogP contribution in [0.25, 0.3) is 11.0 Å². The molecule has 0 aliphatic heterocycles. The highest BCUT2D eigenvalue weighted by Crippen LogP contribution is 2.30. The molecule has 0 saturated heterocycles. The SMILES string of the molecule is COc1ccc(NC(=O)c2oc3c(F)cccc3c2C)cc1Cl. The zero-order valence-corrected chi connectivity index (χ0v) is 13.2. The number of aryl methyl sites for hydroxylation is 1. The van der Waals surface area contributed by atoms with Crippen molar-refractivity contribution in [1.29, 1.82) is 0 Å². The molecule has 0 aliphatic rings. The Bertz CT molecular complexity index is 904. The van der Waals surface area contributed by atoms with Crippen molar-refractivity contribution in [3.05, 3.63) is 58.6 Å². The van der Waals surface area contributed by atoms with Gasteiger partial charge in [-0.3, -0.25) is 4.79 Å². The van der Waals surface area contributed by atoms with E-state index in [1.807, 2.05) is 0 Å². The number of fused-ring (bicyclic) bond motifs is 1. The molecule has 3 aromatic rings. The molecular formula is C17H13ClFNO3. The first-order chi connectivity index (χ1) is 11.0. The van der Waals surface area contributed by atoms with Crippen LogP contribution in [0, 0.1) is 12.7 Å². The molecule has 1 N–H and O–H groups in total. The second-order valence-corrected chi connectivity index (χ2v) is 5.38. The van der Waals surface area contributed by atoms with Gasteiger partial charge in [0, 0.05) is 16.6 Å². The Balaban J connectivity index is 1.93. The third kappa shape index (κ3) is 2.75. The smallest absolute Gasteiger partial charge is 0.291 e. The lowest BCUT2D eigenvalue weighted by Gasteiger charge is -2.07. The highest BCUT2D eigenvalue weighted by Gasteiger charge is 2.19. The predicted octanol–water partition coefficient (Wildman–Crippen LogP) is 4.79. The van der Waals surface area contributed by atoms with Crippen LogP contribution >= 0.6 is 11.6 Å². The van der Waals surface area contributed by atoms with Crippen LogP contribution in [0.3, 0.4) is 0 Å². The summed E-state index contributed by atoms with van der Waals surface area (Å²) < 4.78 is 24.2. The summed E-state index contributed by atoms with van der Waals surface area (Å²) in [5, 5.41) is 3.62. The van der Waals surface area contributed by atoms with Crippen molar-refractivity contribution < 1.29 is 18.3 Å². The van der Waals surface area contributed by atoms with Crippen molar-refractivity contribution in [2.75, 3.05) is 12.4 Å². The van der Waals surface area contributed by atoms with Crippen LogP contribution in [0.4, 0.5) is 10.1 Å². The number of rotatable bonds is 3. The van der Waals surface area contributed by atoms with Crippen LogP contribution in [-0.2, 0) is 0 Å². The Hall–Kier alpha value is -2.53. The molecule has 1 heterocycles. The van der Waals surface area contributed by atoms with Crippen molar-refractivity contribution in [2.24, 2.45) is 0 Å². The van der Waals surface area contributed by atoms with Gasteiger partial charge in [-0.25, -0.2) is 4.39 Å². The number of carbonyl (C=O) groups is 1. The first-order valence-electron chi connectivity index (χ1n) is 6.83. The lowest BCUT2D eigenvalue weighted by atomic mass is 10.1. The summed E-state index contributed by atoms with van der Waals surface area (Å²) in [6, 6.07) is 9.43. The summed E-state index contributed by atoms with van der Waals surface area (Å²) in [7, 11) is 1.51. The summed E-state index contributed by atoms with van der Waals surface area (Å²) >= 11 is 6.03. The lowest BCUT2D eigenvalue weighted by Crippen LogP contribution is -2.12. The fourth-order valence-corrected chi connectivity index (χ4v) is 2.62. The Kier molecular flexibility index (Phi) is 3.96. The predicted molar refractivity (Wildman–Crippen MR) is 86.9 cm³/mol. The van der Waals surface area contributed by atoms with Crippen LogP contribution in [0.15, 0.2) is 40.8 Å². The number of anilines is 1. The maximum atomic E-state index is 13.7. The summed E-state index contributed by atoms with van der Waals surface area (Å²) in [5.74, 6) is -0.403. The fraction of sp³-hybridized carbons (Fsp3) is 0.118. The van der Waals surface area contributed by atoms with Crippen molar-refractivity contribution in [1.82, 2.24) is 0 Å². The summed E-state index contributed by atoms with van der Waals surface area (Å²) in [4.78, 5) is 12.4. The molecule has 1 amide bonds. The molecule has 0 fully saturated rings. The number of para-hydroxylation sites is 1. The maximum absolute atomic E-state index is 13.7. The molecule has 1 aromatic heterocycles. The van der Waals surface area contributed by atoms with Crippen molar-refractivity contribution >= 4 is 34.2 Å². The van der Waals surface area contributed by atoms with Gasteiger partial charge in [0.25, 0.3) is 5.91 Å². The Morgan fingerprint density at radius 1 is 1.30 bits per heavy atom. The highest BCUT2D eigenvalue weighted by molar-refractivity contribution is 6.32. The number of benzene rings is 2. The van der Waals surface area contributed by atoms with Crippen molar-refractivity contribution in [3.8, 4) is 5.75 Å². The van der Waals surface area contributed by atoms with Gasteiger partial charge in [-0.15, -0.1) is 0 Å². The number of furan rings is 1. The van der Waals surface area contributed by atoms with Gasteiger partial charge in [0.05, 0.1) is 12.1 Å². The first kappa shape index (κ1) is 15.4. The Labute approximate surface area is 136 Å². The Morgan fingerprint density at radius 2 is 2.09 bits per heavy atom. The van der Waals surface area contributed by atoms with E-state index < -0.39 is 11.7 Å². The van der Waals surface area contributed by atoms with E-state index in [1.165, 1.54) is 13.2 Å². The van der Waals surface area contributed by atoms with Gasteiger partial charge in [0.1, 0.15) is 5.75 Å². The number of ether oxygens (including phenoxy) is 1. The lowest BCUT2D eigenvalue weighted by molar-refractivity contribution is 0.0997. The van der Waals surface area contributed by atoms with E-state index in [4.69, 9.17) is 20.8 Å². The molecule has 6 heteroatoms. The second kappa shape index (κ2) is 5.93. The van der Waals surface area contributed by atoms with Crippen molar-refractivity contribution in [3.63, 3.8) is 0 Å². The van der Waals surface area contributed by atoms with Gasteiger partial charge >= 0.3 is 0 Å². The molecule has 0 atom stereocenters. The number of hydrogen-bond donors (Lipinski definition) is 1. The molecule has 3 rings (SSSR count). The van der Waals surface area contributed by atoms with Gasteiger partial charge in [-0.05, 0) is 31.2 Å². The number of amides is 1. The molecule has 0 unspecified atom stereocenters. The average Bonchev–Trinajstić information content (AvgIpc) is 2.86. The highest BCUT2D eigenvalue weighted by atomic mass is 35.5. The van der Waals surface area contributed by atoms with Gasteiger partial charge < -0.3 is 14.5 Å². The van der Waals surface area contributed by atoms with Crippen LogP contribution in [-0.4, -0.2) is 13.0 Å². The molecule has 2 aromatic carbocycles. The van der Waals surface area contributed by atoms with E-state index in [1.54, 1.807) is 37.3 Å². The fourth-order valence-electron chi connectivity index (χ4n) is 2.36. The van der Waals surface area contributed by atoms with E-state index in [-0.39, 0.29) is 11.3 Å². The zero-order chi connectivity index (χ0) is 16.6. The molecule has 0 bridgehead atoms. The minimum Gasteiger partial charge on any atom is -0.495 e. The first-order valence-corrected chi connectivity index (χ1v) is 7.21. The third-order valence-electron chi connectivity index (χ3n) is 3.53. The largest absolute Gasteiger partial charge is 0.495 e.